The van der Waals surface area contributed by atoms with Gasteiger partial charge >= 0.3 is 5.97 Å². The molecule has 0 saturated carbocycles. The number of carbonyl (C=O) groups excluding carboxylic acids is 1. The molecule has 1 heterocycles. The summed E-state index contributed by atoms with van der Waals surface area (Å²) in [5, 5.41) is 15.6. The van der Waals surface area contributed by atoms with Crippen molar-refractivity contribution in [3.8, 4) is 0 Å². The molecule has 30 heavy (non-hydrogen) atoms. The van der Waals surface area contributed by atoms with Crippen molar-refractivity contribution in [1.82, 2.24) is 0 Å². The Morgan fingerprint density at radius 2 is 1.67 bits per heavy atom. The molecule has 4 rings (SSSR count). The van der Waals surface area contributed by atoms with Crippen LogP contribution in [-0.2, 0) is 4.79 Å². The first-order valence-corrected chi connectivity index (χ1v) is 9.97. The predicted molar refractivity (Wildman–Crippen MR) is 118 cm³/mol. The van der Waals surface area contributed by atoms with E-state index in [-0.39, 0.29) is 17.6 Å². The fourth-order valence-electron chi connectivity index (χ4n) is 3.99. The fourth-order valence-corrected chi connectivity index (χ4v) is 3.99. The van der Waals surface area contributed by atoms with Crippen LogP contribution in [0.2, 0.25) is 0 Å². The molecule has 1 atom stereocenters. The van der Waals surface area contributed by atoms with Gasteiger partial charge in [0.1, 0.15) is 0 Å². The van der Waals surface area contributed by atoms with Gasteiger partial charge in [0.05, 0.1) is 23.3 Å². The molecule has 0 aliphatic heterocycles. The van der Waals surface area contributed by atoms with E-state index in [1.165, 1.54) is 6.26 Å². The Balaban J connectivity index is 1.77. The summed E-state index contributed by atoms with van der Waals surface area (Å²) in [5.41, 5.74) is 1.41. The van der Waals surface area contributed by atoms with Crippen molar-refractivity contribution in [3.63, 3.8) is 0 Å². The number of nitrogens with one attached hydrogen (secondary N) is 1. The van der Waals surface area contributed by atoms with Gasteiger partial charge in [-0.3, -0.25) is 4.79 Å². The lowest BCUT2D eigenvalue weighted by atomic mass is 9.86. The van der Waals surface area contributed by atoms with Gasteiger partial charge in [0.15, 0.2) is 0 Å². The van der Waals surface area contributed by atoms with Gasteiger partial charge in [-0.2, -0.15) is 0 Å². The first-order chi connectivity index (χ1) is 14.5. The molecule has 0 saturated heterocycles. The summed E-state index contributed by atoms with van der Waals surface area (Å²) < 4.78 is 5.22. The maximum atomic E-state index is 13.4. The largest absolute Gasteiger partial charge is 0.475 e. The fraction of sp³-hybridized carbons (Fsp3) is 0.200. The van der Waals surface area contributed by atoms with Crippen molar-refractivity contribution in [2.75, 3.05) is 5.32 Å². The minimum Gasteiger partial charge on any atom is -0.475 e. The molecule has 5 heteroatoms. The number of amides is 1. The normalized spacial score (nSPS) is 12.4. The van der Waals surface area contributed by atoms with E-state index in [1.54, 1.807) is 18.2 Å². The van der Waals surface area contributed by atoms with E-state index in [0.717, 1.165) is 16.3 Å². The van der Waals surface area contributed by atoms with E-state index in [0.29, 0.717) is 28.8 Å². The summed E-state index contributed by atoms with van der Waals surface area (Å²) >= 11 is 0. The summed E-state index contributed by atoms with van der Waals surface area (Å²) in [6.45, 7) is 4.18. The predicted octanol–water partition coefficient (Wildman–Crippen LogP) is 6.05. The summed E-state index contributed by atoms with van der Waals surface area (Å²) in [7, 11) is 0. The highest BCUT2D eigenvalue weighted by Gasteiger charge is 2.25. The molecular formula is C25H23NO4. The van der Waals surface area contributed by atoms with Crippen LogP contribution in [0, 0.1) is 5.92 Å². The van der Waals surface area contributed by atoms with E-state index in [1.807, 2.05) is 42.5 Å². The highest BCUT2D eigenvalue weighted by molar-refractivity contribution is 6.11. The van der Waals surface area contributed by atoms with Crippen LogP contribution in [-0.4, -0.2) is 17.0 Å². The van der Waals surface area contributed by atoms with Gasteiger partial charge in [0.2, 0.25) is 11.7 Å². The third-order valence-electron chi connectivity index (χ3n) is 5.30. The molecule has 0 radical (unpaired) electrons. The highest BCUT2D eigenvalue weighted by atomic mass is 16.4. The van der Waals surface area contributed by atoms with Crippen molar-refractivity contribution < 1.29 is 19.1 Å². The van der Waals surface area contributed by atoms with Gasteiger partial charge in [-0.05, 0) is 34.7 Å². The highest BCUT2D eigenvalue weighted by Crippen LogP contribution is 2.34. The molecule has 0 fully saturated rings. The second kappa shape index (κ2) is 8.03. The van der Waals surface area contributed by atoms with E-state index < -0.39 is 5.97 Å². The number of furan rings is 1. The van der Waals surface area contributed by atoms with Crippen molar-refractivity contribution in [3.05, 3.63) is 78.3 Å². The Bertz CT molecular complexity index is 1230. The summed E-state index contributed by atoms with van der Waals surface area (Å²) in [5.74, 6) is -1.57. The second-order valence-corrected chi connectivity index (χ2v) is 7.88. The van der Waals surface area contributed by atoms with Crippen LogP contribution in [0.25, 0.3) is 21.5 Å². The standard InChI is InChI=1S/C25H23NO4/c1-15(2)13-20(19-11-5-8-16-7-3-4-10-18(16)19)24(27)26-21-12-6-9-17-14-30-23(22(17)21)25(28)29/h3-12,14-15,20H,13H2,1-2H3,(H,26,27)(H,28,29). The van der Waals surface area contributed by atoms with E-state index in [4.69, 9.17) is 4.42 Å². The molecule has 1 aromatic heterocycles. The molecule has 1 unspecified atom stereocenters. The lowest BCUT2D eigenvalue weighted by Crippen LogP contribution is -2.23. The lowest BCUT2D eigenvalue weighted by molar-refractivity contribution is -0.117. The number of anilines is 1. The Morgan fingerprint density at radius 1 is 0.967 bits per heavy atom. The zero-order chi connectivity index (χ0) is 21.3. The molecule has 0 spiro atoms. The van der Waals surface area contributed by atoms with Crippen LogP contribution in [0.15, 0.2) is 71.3 Å². The van der Waals surface area contributed by atoms with Crippen molar-refractivity contribution >= 4 is 39.1 Å². The molecule has 1 amide bonds. The topological polar surface area (TPSA) is 79.5 Å². The minimum atomic E-state index is -1.17. The van der Waals surface area contributed by atoms with Crippen LogP contribution in [0.1, 0.15) is 42.3 Å². The van der Waals surface area contributed by atoms with Crippen molar-refractivity contribution in [2.45, 2.75) is 26.2 Å². The van der Waals surface area contributed by atoms with Crippen LogP contribution < -0.4 is 5.32 Å². The van der Waals surface area contributed by atoms with Crippen LogP contribution >= 0.6 is 0 Å². The number of hydrogen-bond donors (Lipinski definition) is 2. The molecule has 5 nitrogen and oxygen atoms in total. The Kier molecular flexibility index (Phi) is 5.27. The summed E-state index contributed by atoms with van der Waals surface area (Å²) in [6.07, 6.45) is 2.07. The minimum absolute atomic E-state index is 0.162. The number of carboxylic acids is 1. The van der Waals surface area contributed by atoms with Gasteiger partial charge < -0.3 is 14.8 Å². The number of rotatable bonds is 6. The molecule has 0 aliphatic rings. The van der Waals surface area contributed by atoms with E-state index in [2.05, 4.69) is 19.2 Å². The van der Waals surface area contributed by atoms with Gasteiger partial charge in [0.25, 0.3) is 0 Å². The SMILES string of the molecule is CC(C)CC(C(=O)Nc1cccc2coc(C(=O)O)c12)c1cccc2ccccc12. The maximum absolute atomic E-state index is 13.4. The van der Waals surface area contributed by atoms with Gasteiger partial charge in [-0.25, -0.2) is 4.79 Å². The van der Waals surface area contributed by atoms with Crippen LogP contribution in [0.4, 0.5) is 5.69 Å². The average molecular weight is 401 g/mol. The molecule has 0 bridgehead atoms. The quantitative estimate of drug-likeness (QED) is 0.412. The van der Waals surface area contributed by atoms with Crippen molar-refractivity contribution in [1.29, 1.82) is 0 Å². The number of carboxylic acid groups (broad SMARTS) is 1. The molecule has 2 N–H and O–H groups in total. The number of benzene rings is 3. The molecule has 3 aromatic carbocycles. The smallest absolute Gasteiger partial charge is 0.372 e. The summed E-state index contributed by atoms with van der Waals surface area (Å²) in [6, 6.07) is 19.3. The van der Waals surface area contributed by atoms with E-state index >= 15 is 0 Å². The third kappa shape index (κ3) is 3.66. The first-order valence-electron chi connectivity index (χ1n) is 9.97. The summed E-state index contributed by atoms with van der Waals surface area (Å²) in [4.78, 5) is 25.0. The Morgan fingerprint density at radius 3 is 2.43 bits per heavy atom. The van der Waals surface area contributed by atoms with Gasteiger partial charge in [-0.15, -0.1) is 0 Å². The molecule has 152 valence electrons. The number of hydrogen-bond acceptors (Lipinski definition) is 3. The van der Waals surface area contributed by atoms with Gasteiger partial charge in [0, 0.05) is 5.39 Å². The number of fused-ring (bicyclic) bond motifs is 2. The van der Waals surface area contributed by atoms with Gasteiger partial charge in [-0.1, -0.05) is 68.4 Å². The van der Waals surface area contributed by atoms with E-state index in [9.17, 15) is 14.7 Å². The molecule has 0 aliphatic carbocycles. The second-order valence-electron chi connectivity index (χ2n) is 7.88. The Hall–Kier alpha value is -3.60. The van der Waals surface area contributed by atoms with Crippen molar-refractivity contribution in [2.24, 2.45) is 5.92 Å². The number of aromatic carboxylic acids is 1. The van der Waals surface area contributed by atoms with Crippen LogP contribution in [0.3, 0.4) is 0 Å². The maximum Gasteiger partial charge on any atom is 0.372 e. The lowest BCUT2D eigenvalue weighted by Gasteiger charge is -2.21. The average Bonchev–Trinajstić information content (AvgIpc) is 3.17. The molecular weight excluding hydrogens is 378 g/mol. The first kappa shape index (κ1) is 19.7. The number of carbonyl (C=O) groups is 2. The third-order valence-corrected chi connectivity index (χ3v) is 5.30. The molecule has 4 aromatic rings. The van der Waals surface area contributed by atoms with Crippen LogP contribution in [0.5, 0.6) is 0 Å². The Labute approximate surface area is 174 Å². The monoisotopic (exact) mass is 401 g/mol. The zero-order valence-corrected chi connectivity index (χ0v) is 16.9. The zero-order valence-electron chi connectivity index (χ0n) is 16.9.